The molecule has 2 fully saturated rings. The lowest BCUT2D eigenvalue weighted by Crippen LogP contribution is -2.58. The predicted octanol–water partition coefficient (Wildman–Crippen LogP) is 5.76. The molecule has 6 heteroatoms. The number of carbonyl (C=O) groups is 1. The van der Waals surface area contributed by atoms with Crippen LogP contribution in [0, 0.1) is 23.7 Å². The van der Waals surface area contributed by atoms with Crippen molar-refractivity contribution in [2.75, 3.05) is 0 Å². The van der Waals surface area contributed by atoms with Crippen LogP contribution < -0.4 is 10.0 Å². The molecule has 28 heavy (non-hydrogen) atoms. The van der Waals surface area contributed by atoms with Crippen LogP contribution in [0.25, 0.3) is 0 Å². The van der Waals surface area contributed by atoms with Gasteiger partial charge in [0.25, 0.3) is 0 Å². The van der Waals surface area contributed by atoms with E-state index in [9.17, 15) is 4.79 Å². The lowest BCUT2D eigenvalue weighted by atomic mass is 9.63. The molecule has 156 valence electrons. The van der Waals surface area contributed by atoms with E-state index in [0.717, 1.165) is 22.3 Å². The summed E-state index contributed by atoms with van der Waals surface area (Å²) in [4.78, 5) is 14.0. The molecule has 0 aromatic heterocycles. The highest BCUT2D eigenvalue weighted by molar-refractivity contribution is 8.01. The molecule has 0 aromatic carbocycles. The number of fused-ring (bicyclic) bond motifs is 2. The van der Waals surface area contributed by atoms with Gasteiger partial charge in [-0.25, -0.2) is 4.72 Å². The van der Waals surface area contributed by atoms with Gasteiger partial charge in [-0.05, 0) is 92.9 Å². The minimum Gasteiger partial charge on any atom is -0.351 e. The van der Waals surface area contributed by atoms with Crippen molar-refractivity contribution in [3.05, 3.63) is 34.2 Å². The molecule has 2 N–H and O–H groups in total. The van der Waals surface area contributed by atoms with Crippen molar-refractivity contribution < 1.29 is 4.79 Å². The van der Waals surface area contributed by atoms with Gasteiger partial charge in [0.1, 0.15) is 5.54 Å². The van der Waals surface area contributed by atoms with Crippen molar-refractivity contribution in [1.82, 2.24) is 10.0 Å². The molecule has 3 aliphatic carbocycles. The summed E-state index contributed by atoms with van der Waals surface area (Å²) in [5.74, 6) is 2.77. The fourth-order valence-electron chi connectivity index (χ4n) is 5.02. The summed E-state index contributed by atoms with van der Waals surface area (Å²) in [5, 5.41) is 3.66. The smallest absolute Gasteiger partial charge is 0.240 e. The molecular weight excluding hydrogens is 411 g/mol. The van der Waals surface area contributed by atoms with Crippen LogP contribution in [-0.2, 0) is 4.79 Å². The van der Waals surface area contributed by atoms with Gasteiger partial charge in [0.2, 0.25) is 5.91 Å². The molecule has 0 radical (unpaired) electrons. The van der Waals surface area contributed by atoms with Crippen molar-refractivity contribution in [1.29, 1.82) is 0 Å². The fraction of sp³-hybridized carbons (Fsp3) is 0.682. The summed E-state index contributed by atoms with van der Waals surface area (Å²) < 4.78 is 3.29. The van der Waals surface area contributed by atoms with Crippen molar-refractivity contribution in [2.24, 2.45) is 23.7 Å². The number of amides is 1. The van der Waals surface area contributed by atoms with Gasteiger partial charge in [0, 0.05) is 16.0 Å². The van der Waals surface area contributed by atoms with Crippen LogP contribution in [0.4, 0.5) is 0 Å². The Morgan fingerprint density at radius 3 is 2.64 bits per heavy atom. The summed E-state index contributed by atoms with van der Waals surface area (Å²) in [6, 6.07) is 0.268. The molecule has 0 aliphatic heterocycles. The molecule has 2 bridgehead atoms. The Kier molecular flexibility index (Phi) is 6.96. The average Bonchev–Trinajstić information content (AvgIpc) is 2.59. The van der Waals surface area contributed by atoms with Crippen LogP contribution in [0.2, 0.25) is 0 Å². The van der Waals surface area contributed by atoms with E-state index in [-0.39, 0.29) is 17.3 Å². The largest absolute Gasteiger partial charge is 0.351 e. The third-order valence-electron chi connectivity index (χ3n) is 6.37. The normalized spacial score (nSPS) is 35.9. The first-order chi connectivity index (χ1) is 13.1. The second kappa shape index (κ2) is 8.75. The highest BCUT2D eigenvalue weighted by Crippen LogP contribution is 2.45. The van der Waals surface area contributed by atoms with Crippen LogP contribution >= 0.6 is 35.1 Å². The Bertz CT molecular complexity index is 699. The van der Waals surface area contributed by atoms with Crippen molar-refractivity contribution >= 4 is 41.1 Å². The van der Waals surface area contributed by atoms with Gasteiger partial charge in [0.15, 0.2) is 0 Å². The highest BCUT2D eigenvalue weighted by atomic mass is 35.5. The summed E-state index contributed by atoms with van der Waals surface area (Å²) in [7, 11) is 0. The molecule has 3 rings (SSSR count). The zero-order chi connectivity index (χ0) is 20.6. The van der Waals surface area contributed by atoms with Crippen LogP contribution in [0.1, 0.15) is 53.4 Å². The number of alkyl halides is 1. The van der Waals surface area contributed by atoms with Crippen molar-refractivity contribution in [2.45, 2.75) is 70.3 Å². The van der Waals surface area contributed by atoms with Crippen LogP contribution in [0.15, 0.2) is 34.2 Å². The van der Waals surface area contributed by atoms with Gasteiger partial charge >= 0.3 is 0 Å². The lowest BCUT2D eigenvalue weighted by molar-refractivity contribution is -0.128. The fourth-order valence-corrected chi connectivity index (χ4v) is 6.50. The topological polar surface area (TPSA) is 41.1 Å². The standard InChI is InChI=1S/C22H32Cl2N2OS/c1-12-6-15-8-14(3)20(16(7-12)10-15)25-21(27)22(4,5)26-28-18-11-17(23)9-13(2)19(18)24/h9,11-12,14-16,19-20,26H,2,6-8,10H2,1,3-5H3,(H,25,27). The van der Waals surface area contributed by atoms with E-state index in [1.54, 1.807) is 6.08 Å². The summed E-state index contributed by atoms with van der Waals surface area (Å²) in [6.07, 6.45) is 8.65. The maximum atomic E-state index is 13.1. The zero-order valence-electron chi connectivity index (χ0n) is 17.2. The molecular formula is C22H32Cl2N2OS. The Balaban J connectivity index is 1.61. The minimum absolute atomic E-state index is 0.0384. The third-order valence-corrected chi connectivity index (χ3v) is 8.44. The van der Waals surface area contributed by atoms with Crippen LogP contribution in [0.3, 0.4) is 0 Å². The summed E-state index contributed by atoms with van der Waals surface area (Å²) >= 11 is 13.9. The monoisotopic (exact) mass is 442 g/mol. The summed E-state index contributed by atoms with van der Waals surface area (Å²) in [6.45, 7) is 12.4. The number of hydrogen-bond donors (Lipinski definition) is 2. The van der Waals surface area contributed by atoms with Gasteiger partial charge in [-0.1, -0.05) is 32.0 Å². The molecule has 3 aliphatic rings. The van der Waals surface area contributed by atoms with Gasteiger partial charge < -0.3 is 5.32 Å². The Morgan fingerprint density at radius 1 is 1.21 bits per heavy atom. The first-order valence-corrected chi connectivity index (χ1v) is 11.9. The highest BCUT2D eigenvalue weighted by Gasteiger charge is 2.42. The van der Waals surface area contributed by atoms with Crippen molar-refractivity contribution in [3.63, 3.8) is 0 Å². The van der Waals surface area contributed by atoms with Gasteiger partial charge in [0.05, 0.1) is 5.38 Å². The predicted molar refractivity (Wildman–Crippen MR) is 121 cm³/mol. The first kappa shape index (κ1) is 22.3. The second-order valence-electron chi connectivity index (χ2n) is 9.49. The van der Waals surface area contributed by atoms with E-state index < -0.39 is 5.54 Å². The number of halogens is 2. The van der Waals surface area contributed by atoms with E-state index in [2.05, 4.69) is 30.5 Å². The minimum atomic E-state index is -0.728. The quantitative estimate of drug-likeness (QED) is 0.419. The average molecular weight is 443 g/mol. The van der Waals surface area contributed by atoms with Gasteiger partial charge in [-0.2, -0.15) is 0 Å². The van der Waals surface area contributed by atoms with E-state index in [1.165, 1.54) is 37.6 Å². The number of rotatable bonds is 5. The maximum absolute atomic E-state index is 13.1. The van der Waals surface area contributed by atoms with E-state index in [1.807, 2.05) is 19.9 Å². The molecule has 6 atom stereocenters. The van der Waals surface area contributed by atoms with E-state index in [4.69, 9.17) is 23.2 Å². The molecule has 3 nitrogen and oxygen atoms in total. The molecule has 0 saturated heterocycles. The summed E-state index contributed by atoms with van der Waals surface area (Å²) in [5.41, 5.74) is 0.0335. The molecule has 2 saturated carbocycles. The molecule has 0 heterocycles. The van der Waals surface area contributed by atoms with Gasteiger partial charge in [-0.3, -0.25) is 4.79 Å². The molecule has 6 unspecified atom stereocenters. The Hall–Kier alpha value is -0.420. The van der Waals surface area contributed by atoms with Crippen LogP contribution in [0.5, 0.6) is 0 Å². The SMILES string of the molecule is C=C1C=C(Cl)C=C(SNC(C)(C)C(=O)NC2C(C)CC3CC(C)CC2C3)C1Cl. The number of allylic oxidation sites excluding steroid dienone is 5. The number of nitrogens with one attached hydrogen (secondary N) is 2. The number of hydrogen-bond acceptors (Lipinski definition) is 3. The Morgan fingerprint density at radius 2 is 1.93 bits per heavy atom. The lowest BCUT2D eigenvalue weighted by Gasteiger charge is -2.47. The number of carbonyl (C=O) groups excluding carboxylic acids is 1. The third kappa shape index (κ3) is 5.00. The molecule has 0 spiro atoms. The Labute approximate surface area is 183 Å². The first-order valence-electron chi connectivity index (χ1n) is 10.2. The van der Waals surface area contributed by atoms with Crippen molar-refractivity contribution in [3.8, 4) is 0 Å². The second-order valence-corrected chi connectivity index (χ2v) is 11.2. The molecule has 0 aromatic rings. The van der Waals surface area contributed by atoms with E-state index in [0.29, 0.717) is 16.9 Å². The van der Waals surface area contributed by atoms with Crippen LogP contribution in [-0.4, -0.2) is 22.9 Å². The maximum Gasteiger partial charge on any atom is 0.240 e. The zero-order valence-corrected chi connectivity index (χ0v) is 19.6. The van der Waals surface area contributed by atoms with E-state index >= 15 is 0 Å². The molecule has 1 amide bonds. The van der Waals surface area contributed by atoms with Gasteiger partial charge in [-0.15, -0.1) is 11.6 Å².